The Morgan fingerprint density at radius 3 is 2.62 bits per heavy atom. The van der Waals surface area contributed by atoms with Crippen LogP contribution in [0.2, 0.25) is 0 Å². The third-order valence-electron chi connectivity index (χ3n) is 3.32. The summed E-state index contributed by atoms with van der Waals surface area (Å²) in [5.41, 5.74) is 2.54. The molecule has 0 bridgehead atoms. The number of nitrogens with zero attached hydrogens (tertiary/aromatic N) is 2. The molecule has 0 unspecified atom stereocenters. The van der Waals surface area contributed by atoms with E-state index in [0.717, 1.165) is 41.4 Å². The second-order valence-corrected chi connectivity index (χ2v) is 5.50. The van der Waals surface area contributed by atoms with E-state index in [1.54, 1.807) is 6.07 Å². The van der Waals surface area contributed by atoms with E-state index in [1.807, 2.05) is 13.0 Å². The first kappa shape index (κ1) is 15.4. The molecule has 0 saturated carbocycles. The molecule has 4 heteroatoms. The number of rotatable bonds is 5. The Balaban J connectivity index is 2.55. The molecule has 0 spiro atoms. The number of nitrogens with one attached hydrogen (secondary N) is 1. The van der Waals surface area contributed by atoms with Gasteiger partial charge in [-0.05, 0) is 25.5 Å². The van der Waals surface area contributed by atoms with Crippen LogP contribution in [-0.4, -0.2) is 16.5 Å². The van der Waals surface area contributed by atoms with Crippen molar-refractivity contribution in [3.05, 3.63) is 41.5 Å². The summed E-state index contributed by atoms with van der Waals surface area (Å²) in [4.78, 5) is 9.24. The molecule has 0 atom stereocenters. The molecular weight excluding hydrogens is 265 g/mol. The van der Waals surface area contributed by atoms with Crippen LogP contribution < -0.4 is 5.32 Å². The van der Waals surface area contributed by atoms with E-state index < -0.39 is 0 Å². The van der Waals surface area contributed by atoms with Gasteiger partial charge in [0, 0.05) is 23.6 Å². The molecule has 0 aliphatic heterocycles. The van der Waals surface area contributed by atoms with Gasteiger partial charge >= 0.3 is 0 Å². The van der Waals surface area contributed by atoms with Gasteiger partial charge in [0.15, 0.2) is 0 Å². The molecule has 1 N–H and O–H groups in total. The SMILES string of the molecule is CCCNc1nc(C(C)C)nc(-c2cccc(F)c2)c1C. The smallest absolute Gasteiger partial charge is 0.133 e. The van der Waals surface area contributed by atoms with Crippen LogP contribution in [0, 0.1) is 12.7 Å². The molecule has 21 heavy (non-hydrogen) atoms. The fourth-order valence-corrected chi connectivity index (χ4v) is 2.12. The van der Waals surface area contributed by atoms with E-state index in [1.165, 1.54) is 12.1 Å². The normalized spacial score (nSPS) is 11.0. The molecule has 2 rings (SSSR count). The van der Waals surface area contributed by atoms with Crippen LogP contribution >= 0.6 is 0 Å². The molecule has 2 aromatic rings. The minimum absolute atomic E-state index is 0.222. The molecule has 1 aromatic carbocycles. The number of benzene rings is 1. The van der Waals surface area contributed by atoms with Gasteiger partial charge in [-0.2, -0.15) is 0 Å². The molecule has 0 aliphatic carbocycles. The molecule has 0 amide bonds. The topological polar surface area (TPSA) is 37.8 Å². The number of anilines is 1. The standard InChI is InChI=1S/C17H22FN3/c1-5-9-19-17-12(4)15(20-16(21-17)11(2)3)13-7-6-8-14(18)10-13/h6-8,10-11H,5,9H2,1-4H3,(H,19,20,21). The van der Waals surface area contributed by atoms with Crippen LogP contribution in [0.25, 0.3) is 11.3 Å². The second-order valence-electron chi connectivity index (χ2n) is 5.50. The van der Waals surface area contributed by atoms with E-state index in [-0.39, 0.29) is 11.7 Å². The van der Waals surface area contributed by atoms with Crippen molar-refractivity contribution in [3.63, 3.8) is 0 Å². The summed E-state index contributed by atoms with van der Waals surface area (Å²) in [5, 5.41) is 3.34. The zero-order valence-corrected chi connectivity index (χ0v) is 13.1. The zero-order valence-electron chi connectivity index (χ0n) is 13.1. The summed E-state index contributed by atoms with van der Waals surface area (Å²) < 4.78 is 13.5. The molecule has 1 heterocycles. The Morgan fingerprint density at radius 2 is 2.00 bits per heavy atom. The first-order valence-corrected chi connectivity index (χ1v) is 7.41. The Morgan fingerprint density at radius 1 is 1.24 bits per heavy atom. The second kappa shape index (κ2) is 6.66. The van der Waals surface area contributed by atoms with E-state index in [0.29, 0.717) is 0 Å². The summed E-state index contributed by atoms with van der Waals surface area (Å²) >= 11 is 0. The molecule has 0 fully saturated rings. The predicted octanol–water partition coefficient (Wildman–Crippen LogP) is 4.54. The van der Waals surface area contributed by atoms with Crippen LogP contribution in [0.15, 0.2) is 24.3 Å². The Bertz CT molecular complexity index is 623. The zero-order chi connectivity index (χ0) is 15.4. The largest absolute Gasteiger partial charge is 0.370 e. The summed E-state index contributed by atoms with van der Waals surface area (Å²) in [7, 11) is 0. The molecule has 0 saturated heterocycles. The highest BCUT2D eigenvalue weighted by molar-refractivity contribution is 5.68. The van der Waals surface area contributed by atoms with Crippen LogP contribution in [0.5, 0.6) is 0 Å². The summed E-state index contributed by atoms with van der Waals surface area (Å²) in [5.74, 6) is 1.59. The quantitative estimate of drug-likeness (QED) is 0.877. The van der Waals surface area contributed by atoms with Crippen molar-refractivity contribution in [3.8, 4) is 11.3 Å². The highest BCUT2D eigenvalue weighted by atomic mass is 19.1. The highest BCUT2D eigenvalue weighted by Gasteiger charge is 2.14. The Labute approximate surface area is 125 Å². The lowest BCUT2D eigenvalue weighted by atomic mass is 10.1. The van der Waals surface area contributed by atoms with E-state index in [2.05, 4.69) is 36.1 Å². The Kier molecular flexibility index (Phi) is 4.89. The predicted molar refractivity (Wildman–Crippen MR) is 85.0 cm³/mol. The van der Waals surface area contributed by atoms with Crippen molar-refractivity contribution in [2.75, 3.05) is 11.9 Å². The summed E-state index contributed by atoms with van der Waals surface area (Å²) in [6.07, 6.45) is 1.02. The van der Waals surface area contributed by atoms with Crippen molar-refractivity contribution in [1.29, 1.82) is 0 Å². The van der Waals surface area contributed by atoms with E-state index >= 15 is 0 Å². The number of aromatic nitrogens is 2. The first-order chi connectivity index (χ1) is 10.0. The number of halogens is 1. The van der Waals surface area contributed by atoms with Gasteiger partial charge in [-0.25, -0.2) is 14.4 Å². The van der Waals surface area contributed by atoms with Gasteiger partial charge in [0.25, 0.3) is 0 Å². The van der Waals surface area contributed by atoms with Crippen LogP contribution in [-0.2, 0) is 0 Å². The van der Waals surface area contributed by atoms with Crippen molar-refractivity contribution < 1.29 is 4.39 Å². The minimum Gasteiger partial charge on any atom is -0.370 e. The summed E-state index contributed by atoms with van der Waals surface area (Å²) in [6, 6.07) is 6.55. The first-order valence-electron chi connectivity index (χ1n) is 7.41. The van der Waals surface area contributed by atoms with Gasteiger partial charge in [0.1, 0.15) is 17.5 Å². The lowest BCUT2D eigenvalue weighted by Gasteiger charge is -2.15. The van der Waals surface area contributed by atoms with Gasteiger partial charge in [0.05, 0.1) is 5.69 Å². The van der Waals surface area contributed by atoms with Crippen LogP contribution in [0.1, 0.15) is 44.5 Å². The lowest BCUT2D eigenvalue weighted by Crippen LogP contribution is -2.10. The van der Waals surface area contributed by atoms with Crippen molar-refractivity contribution in [1.82, 2.24) is 9.97 Å². The average Bonchev–Trinajstić information content (AvgIpc) is 2.46. The molecule has 0 radical (unpaired) electrons. The molecule has 1 aromatic heterocycles. The van der Waals surface area contributed by atoms with Gasteiger partial charge in [0.2, 0.25) is 0 Å². The van der Waals surface area contributed by atoms with Gasteiger partial charge < -0.3 is 5.32 Å². The molecule has 112 valence electrons. The average molecular weight is 287 g/mol. The van der Waals surface area contributed by atoms with Crippen molar-refractivity contribution in [2.24, 2.45) is 0 Å². The number of hydrogen-bond donors (Lipinski definition) is 1. The third-order valence-corrected chi connectivity index (χ3v) is 3.32. The number of hydrogen-bond acceptors (Lipinski definition) is 3. The molecule has 0 aliphatic rings. The third kappa shape index (κ3) is 3.57. The van der Waals surface area contributed by atoms with Gasteiger partial charge in [-0.1, -0.05) is 32.9 Å². The van der Waals surface area contributed by atoms with Crippen molar-refractivity contribution in [2.45, 2.75) is 40.0 Å². The summed E-state index contributed by atoms with van der Waals surface area (Å²) in [6.45, 7) is 9.06. The Hall–Kier alpha value is -1.97. The van der Waals surface area contributed by atoms with Crippen LogP contribution in [0.4, 0.5) is 10.2 Å². The highest BCUT2D eigenvalue weighted by Crippen LogP contribution is 2.28. The van der Waals surface area contributed by atoms with Gasteiger partial charge in [-0.3, -0.25) is 0 Å². The maximum Gasteiger partial charge on any atom is 0.133 e. The fourth-order valence-electron chi connectivity index (χ4n) is 2.12. The van der Waals surface area contributed by atoms with Crippen molar-refractivity contribution >= 4 is 5.82 Å². The minimum atomic E-state index is -0.250. The lowest BCUT2D eigenvalue weighted by molar-refractivity contribution is 0.628. The van der Waals surface area contributed by atoms with E-state index in [9.17, 15) is 4.39 Å². The maximum absolute atomic E-state index is 13.5. The fraction of sp³-hybridized carbons (Fsp3) is 0.412. The van der Waals surface area contributed by atoms with Gasteiger partial charge in [-0.15, -0.1) is 0 Å². The van der Waals surface area contributed by atoms with Crippen LogP contribution in [0.3, 0.4) is 0 Å². The molecular formula is C17H22FN3. The maximum atomic E-state index is 13.5. The van der Waals surface area contributed by atoms with E-state index in [4.69, 9.17) is 0 Å². The monoisotopic (exact) mass is 287 g/mol. The molecule has 3 nitrogen and oxygen atoms in total.